The summed E-state index contributed by atoms with van der Waals surface area (Å²) in [4.78, 5) is 39.6. The van der Waals surface area contributed by atoms with E-state index in [-0.39, 0.29) is 64.1 Å². The van der Waals surface area contributed by atoms with Gasteiger partial charge in [-0.1, -0.05) is 12.1 Å². The molecule has 0 spiro atoms. The highest BCUT2D eigenvalue weighted by Gasteiger charge is 2.49. The van der Waals surface area contributed by atoms with Gasteiger partial charge >= 0.3 is 0 Å². The zero-order valence-corrected chi connectivity index (χ0v) is 20.9. The number of Topliss-reactive ketones (excluding diaryl/α,β-unsaturated/α-hetero) is 1. The minimum absolute atomic E-state index is 0.0167. The molecule has 0 saturated carbocycles. The van der Waals surface area contributed by atoms with E-state index in [4.69, 9.17) is 14.2 Å². The van der Waals surface area contributed by atoms with Crippen LogP contribution < -0.4 is 10.5 Å². The van der Waals surface area contributed by atoms with Crippen LogP contribution >= 0.6 is 0 Å². The number of carbonyl (C=O) groups is 3. The summed E-state index contributed by atoms with van der Waals surface area (Å²) in [6.07, 6.45) is -1.45. The lowest BCUT2D eigenvalue weighted by Crippen LogP contribution is -2.65. The lowest BCUT2D eigenvalue weighted by atomic mass is 9.72. The third-order valence-electron chi connectivity index (χ3n) is 7.62. The van der Waals surface area contributed by atoms with Gasteiger partial charge in [0.15, 0.2) is 17.9 Å². The summed E-state index contributed by atoms with van der Waals surface area (Å²) in [7, 11) is 1.36. The molecule has 10 heteroatoms. The number of rotatable bonds is 4. The van der Waals surface area contributed by atoms with Crippen LogP contribution in [0.3, 0.4) is 0 Å². The number of methoxy groups -OCH3 is 1. The number of aliphatic hydroxyl groups is 1. The normalized spacial score (nSPS) is 28.8. The molecule has 1 heterocycles. The number of carbonyl (C=O) groups excluding carboxylic acids is 3. The molecule has 1 saturated heterocycles. The molecule has 2 aliphatic carbocycles. The lowest BCUT2D eigenvalue weighted by molar-refractivity contribution is -0.446. The third-order valence-corrected chi connectivity index (χ3v) is 7.62. The van der Waals surface area contributed by atoms with Crippen molar-refractivity contribution < 1.29 is 49.6 Å². The van der Waals surface area contributed by atoms with Crippen LogP contribution in [0.4, 0.5) is 0 Å². The second-order valence-corrected chi connectivity index (χ2v) is 10.2. The summed E-state index contributed by atoms with van der Waals surface area (Å²) >= 11 is 0. The average Bonchev–Trinajstić information content (AvgIpc) is 2.83. The van der Waals surface area contributed by atoms with Gasteiger partial charge in [-0.25, -0.2) is 0 Å². The Kier molecular flexibility index (Phi) is 6.11. The number of benzene rings is 2. The average molecular weight is 513 g/mol. The van der Waals surface area contributed by atoms with Crippen LogP contribution in [-0.2, 0) is 20.7 Å². The molecule has 1 aliphatic heterocycles. The number of phenolic OH excluding ortho intramolecular Hbond substituents is 2. The standard InChI is InChI=1S/C27H29NO9/c1-11-7-13(28)8-18(36-11)37-17-10-27(34,12(2)29)9-15-20(17)26(33)22-21(24(15)31)23(30)14-5-4-6-16(35-3)19(14)25(22)32/h4-6,11,13,17-18,31,33-34H,7-10,28H2,1-3H3/p+1. The van der Waals surface area contributed by atoms with Crippen molar-refractivity contribution in [2.24, 2.45) is 0 Å². The summed E-state index contributed by atoms with van der Waals surface area (Å²) in [6, 6.07) is 4.55. The van der Waals surface area contributed by atoms with Crippen LogP contribution in [0.5, 0.6) is 17.2 Å². The second kappa shape index (κ2) is 8.91. The van der Waals surface area contributed by atoms with Crippen molar-refractivity contribution in [3.63, 3.8) is 0 Å². The van der Waals surface area contributed by atoms with Crippen molar-refractivity contribution in [1.29, 1.82) is 0 Å². The number of phenols is 2. The van der Waals surface area contributed by atoms with E-state index in [2.05, 4.69) is 5.73 Å². The van der Waals surface area contributed by atoms with Crippen LogP contribution in [-0.4, -0.2) is 63.8 Å². The summed E-state index contributed by atoms with van der Waals surface area (Å²) in [5.74, 6) is -2.89. The maximum absolute atomic E-state index is 13.6. The van der Waals surface area contributed by atoms with Crippen molar-refractivity contribution in [3.8, 4) is 17.2 Å². The number of ketones is 3. The van der Waals surface area contributed by atoms with E-state index >= 15 is 0 Å². The molecule has 5 unspecified atom stereocenters. The number of hydrogen-bond acceptors (Lipinski definition) is 9. The monoisotopic (exact) mass is 512 g/mol. The molecule has 0 bridgehead atoms. The molecule has 3 aliphatic rings. The van der Waals surface area contributed by atoms with Crippen molar-refractivity contribution >= 4 is 17.3 Å². The van der Waals surface area contributed by atoms with Crippen molar-refractivity contribution in [2.45, 2.75) is 69.7 Å². The largest absolute Gasteiger partial charge is 0.507 e. The van der Waals surface area contributed by atoms with Crippen LogP contribution in [0, 0.1) is 0 Å². The van der Waals surface area contributed by atoms with Crippen molar-refractivity contribution in [2.75, 3.05) is 7.11 Å². The highest BCUT2D eigenvalue weighted by atomic mass is 16.7. The third kappa shape index (κ3) is 3.91. The van der Waals surface area contributed by atoms with Crippen LogP contribution in [0.15, 0.2) is 18.2 Å². The number of fused-ring (bicyclic) bond motifs is 3. The van der Waals surface area contributed by atoms with Crippen LogP contribution in [0.1, 0.15) is 82.2 Å². The van der Waals surface area contributed by atoms with Gasteiger partial charge in [-0.3, -0.25) is 14.4 Å². The van der Waals surface area contributed by atoms with Crippen molar-refractivity contribution in [1.82, 2.24) is 0 Å². The topological polar surface area (TPSA) is 167 Å². The zero-order chi connectivity index (χ0) is 26.8. The highest BCUT2D eigenvalue weighted by molar-refractivity contribution is 6.31. The molecule has 2 aromatic rings. The van der Waals surface area contributed by atoms with E-state index in [1.807, 2.05) is 6.92 Å². The molecule has 37 heavy (non-hydrogen) atoms. The Morgan fingerprint density at radius 3 is 2.46 bits per heavy atom. The van der Waals surface area contributed by atoms with Gasteiger partial charge in [0.25, 0.3) is 0 Å². The van der Waals surface area contributed by atoms with E-state index in [0.717, 1.165) is 6.42 Å². The Bertz CT molecular complexity index is 1330. The molecular formula is C27H30NO9+. The summed E-state index contributed by atoms with van der Waals surface area (Å²) < 4.78 is 17.4. The van der Waals surface area contributed by atoms with Gasteiger partial charge in [-0.15, -0.1) is 0 Å². The molecule has 6 N–H and O–H groups in total. The fraction of sp³-hybridized carbons (Fsp3) is 0.444. The Morgan fingerprint density at radius 1 is 1.11 bits per heavy atom. The van der Waals surface area contributed by atoms with Gasteiger partial charge in [0.1, 0.15) is 22.8 Å². The molecule has 5 rings (SSSR count). The van der Waals surface area contributed by atoms with Crippen LogP contribution in [0.2, 0.25) is 0 Å². The maximum Gasteiger partial charge on any atom is 0.202 e. The first kappa shape index (κ1) is 25.3. The molecular weight excluding hydrogens is 482 g/mol. The smallest absolute Gasteiger partial charge is 0.202 e. The Hall–Kier alpha value is -3.31. The Morgan fingerprint density at radius 2 is 1.81 bits per heavy atom. The molecule has 0 amide bonds. The van der Waals surface area contributed by atoms with E-state index in [0.29, 0.717) is 6.42 Å². The number of aromatic hydroxyl groups is 2. The second-order valence-electron chi connectivity index (χ2n) is 10.2. The number of quaternary nitrogens is 1. The number of hydrogen-bond donors (Lipinski definition) is 4. The quantitative estimate of drug-likeness (QED) is 0.377. The minimum atomic E-state index is -1.93. The van der Waals surface area contributed by atoms with Gasteiger partial charge in [-0.05, 0) is 19.9 Å². The maximum atomic E-state index is 13.6. The summed E-state index contributed by atoms with van der Waals surface area (Å²) in [5.41, 5.74) is 1.44. The molecule has 0 radical (unpaired) electrons. The molecule has 10 nitrogen and oxygen atoms in total. The fourth-order valence-electron chi connectivity index (χ4n) is 5.78. The molecule has 1 fully saturated rings. The van der Waals surface area contributed by atoms with Gasteiger partial charge < -0.3 is 35.3 Å². The molecule has 196 valence electrons. The van der Waals surface area contributed by atoms with E-state index in [9.17, 15) is 29.7 Å². The van der Waals surface area contributed by atoms with Gasteiger partial charge in [-0.2, -0.15) is 0 Å². The molecule has 5 atom stereocenters. The number of ether oxygens (including phenoxy) is 3. The SMILES string of the molecule is COc1cccc2c1C(=O)c1c(O)c3c(c(O)c1C2=O)CC(O)(C(C)=O)CC3OC1CC([NH3+])CC(C)O1. The first-order valence-corrected chi connectivity index (χ1v) is 12.2. The van der Waals surface area contributed by atoms with Crippen molar-refractivity contribution in [3.05, 3.63) is 51.6 Å². The van der Waals surface area contributed by atoms with E-state index < -0.39 is 46.8 Å². The van der Waals surface area contributed by atoms with Gasteiger partial charge in [0.05, 0.1) is 48.5 Å². The zero-order valence-electron chi connectivity index (χ0n) is 20.9. The van der Waals surface area contributed by atoms with Gasteiger partial charge in [0, 0.05) is 36.0 Å². The van der Waals surface area contributed by atoms with E-state index in [1.165, 1.54) is 26.2 Å². The van der Waals surface area contributed by atoms with Gasteiger partial charge in [0.2, 0.25) is 5.78 Å². The van der Waals surface area contributed by atoms with Crippen LogP contribution in [0.25, 0.3) is 0 Å². The molecule has 2 aromatic carbocycles. The minimum Gasteiger partial charge on any atom is -0.507 e. The summed E-state index contributed by atoms with van der Waals surface area (Å²) in [6.45, 7) is 3.10. The Labute approximate surface area is 212 Å². The first-order chi connectivity index (χ1) is 17.5. The predicted molar refractivity (Wildman–Crippen MR) is 128 cm³/mol. The van der Waals surface area contributed by atoms with E-state index in [1.54, 1.807) is 6.07 Å². The Balaban J connectivity index is 1.70. The highest BCUT2D eigenvalue weighted by Crippen LogP contribution is 2.52. The fourth-order valence-corrected chi connectivity index (χ4v) is 5.78. The summed E-state index contributed by atoms with van der Waals surface area (Å²) in [5, 5.41) is 34.0. The lowest BCUT2D eigenvalue weighted by Gasteiger charge is -2.40. The first-order valence-electron chi connectivity index (χ1n) is 12.2. The predicted octanol–water partition coefficient (Wildman–Crippen LogP) is 1.34. The molecule has 0 aromatic heterocycles.